The number of benzene rings is 3. The van der Waals surface area contributed by atoms with Crippen LogP contribution < -0.4 is 4.74 Å². The van der Waals surface area contributed by atoms with E-state index in [1.165, 1.54) is 11.1 Å². The number of methoxy groups -OCH3 is 2. The van der Waals surface area contributed by atoms with E-state index >= 15 is 0 Å². The maximum atomic E-state index is 14.2. The molecule has 4 aromatic rings. The first kappa shape index (κ1) is 25.0. The Bertz CT molecular complexity index is 1460. The Balaban J connectivity index is 1.58. The molecular formula is C31H35N3O3. The van der Waals surface area contributed by atoms with Crippen LogP contribution in [0.25, 0.3) is 22.2 Å². The summed E-state index contributed by atoms with van der Waals surface area (Å²) in [4.78, 5) is 21.3. The normalized spacial score (nSPS) is 15.5. The third-order valence-electron chi connectivity index (χ3n) is 7.51. The zero-order valence-electron chi connectivity index (χ0n) is 22.4. The van der Waals surface area contributed by atoms with E-state index in [-0.39, 0.29) is 11.9 Å². The molecule has 2 heterocycles. The SMILES string of the molecule is COCCn1c(C2CCCN2C(=O)c2cc(C)ccc2-c2cccc(OC)c2)nc2cc(C)c(C)cc21. The highest BCUT2D eigenvalue weighted by Gasteiger charge is 2.35. The largest absolute Gasteiger partial charge is 0.497 e. The smallest absolute Gasteiger partial charge is 0.255 e. The second-order valence-corrected chi connectivity index (χ2v) is 9.98. The van der Waals surface area contributed by atoms with Gasteiger partial charge in [-0.15, -0.1) is 0 Å². The molecule has 1 atom stereocenters. The van der Waals surface area contributed by atoms with Gasteiger partial charge < -0.3 is 18.9 Å². The molecule has 0 radical (unpaired) electrons. The van der Waals surface area contributed by atoms with E-state index in [0.717, 1.165) is 52.1 Å². The van der Waals surface area contributed by atoms with E-state index in [0.29, 0.717) is 25.3 Å². The van der Waals surface area contributed by atoms with Crippen LogP contribution in [0.15, 0.2) is 54.6 Å². The van der Waals surface area contributed by atoms with Gasteiger partial charge in [0.05, 0.1) is 30.8 Å². The first-order valence-electron chi connectivity index (χ1n) is 12.9. The highest BCUT2D eigenvalue weighted by molar-refractivity contribution is 6.01. The van der Waals surface area contributed by atoms with Gasteiger partial charge in [-0.2, -0.15) is 0 Å². The first-order chi connectivity index (χ1) is 17.9. The van der Waals surface area contributed by atoms with Gasteiger partial charge in [0, 0.05) is 25.8 Å². The summed E-state index contributed by atoms with van der Waals surface area (Å²) < 4.78 is 13.1. The number of rotatable bonds is 7. The first-order valence-corrected chi connectivity index (χ1v) is 12.9. The summed E-state index contributed by atoms with van der Waals surface area (Å²) in [5.41, 5.74) is 8.19. The van der Waals surface area contributed by atoms with Gasteiger partial charge in [-0.1, -0.05) is 29.8 Å². The summed E-state index contributed by atoms with van der Waals surface area (Å²) in [6.07, 6.45) is 1.84. The Hall–Kier alpha value is -3.64. The number of imidazole rings is 1. The summed E-state index contributed by atoms with van der Waals surface area (Å²) in [7, 11) is 3.38. The quantitative estimate of drug-likeness (QED) is 0.302. The lowest BCUT2D eigenvalue weighted by Crippen LogP contribution is -2.32. The van der Waals surface area contributed by atoms with Gasteiger partial charge in [-0.3, -0.25) is 4.79 Å². The Morgan fingerprint density at radius 3 is 2.62 bits per heavy atom. The van der Waals surface area contributed by atoms with Crippen LogP contribution in [0, 0.1) is 20.8 Å². The van der Waals surface area contributed by atoms with Gasteiger partial charge >= 0.3 is 0 Å². The van der Waals surface area contributed by atoms with Crippen LogP contribution >= 0.6 is 0 Å². The van der Waals surface area contributed by atoms with Gasteiger partial charge in [0.1, 0.15) is 11.6 Å². The van der Waals surface area contributed by atoms with Crippen molar-refractivity contribution in [1.82, 2.24) is 14.5 Å². The number of ether oxygens (including phenoxy) is 2. The Labute approximate surface area is 218 Å². The van der Waals surface area contributed by atoms with Crippen LogP contribution in [-0.2, 0) is 11.3 Å². The number of fused-ring (bicyclic) bond motifs is 1. The molecule has 1 saturated heterocycles. The lowest BCUT2D eigenvalue weighted by Gasteiger charge is -2.26. The summed E-state index contributed by atoms with van der Waals surface area (Å²) in [6.45, 7) is 8.27. The molecule has 1 aliphatic heterocycles. The van der Waals surface area contributed by atoms with E-state index in [4.69, 9.17) is 14.5 Å². The molecule has 37 heavy (non-hydrogen) atoms. The van der Waals surface area contributed by atoms with Crippen molar-refractivity contribution < 1.29 is 14.3 Å². The number of carbonyl (C=O) groups excluding carboxylic acids is 1. The van der Waals surface area contributed by atoms with Crippen LogP contribution in [0.2, 0.25) is 0 Å². The number of carbonyl (C=O) groups is 1. The Morgan fingerprint density at radius 1 is 1.03 bits per heavy atom. The standard InChI is InChI=1S/C31H35N3O3/c1-20-11-12-25(23-8-6-9-24(19-23)37-5)26(16-20)31(35)34-13-7-10-28(34)30-32-27-17-21(2)22(3)18-29(27)33(30)14-15-36-4/h6,8-9,11-12,16-19,28H,7,10,13-15H2,1-5H3. The van der Waals surface area contributed by atoms with Gasteiger partial charge in [0.2, 0.25) is 0 Å². The van der Waals surface area contributed by atoms with E-state index in [2.05, 4.69) is 36.6 Å². The lowest BCUT2D eigenvalue weighted by atomic mass is 9.96. The molecule has 0 bridgehead atoms. The Morgan fingerprint density at radius 2 is 1.84 bits per heavy atom. The highest BCUT2D eigenvalue weighted by atomic mass is 16.5. The average molecular weight is 498 g/mol. The maximum absolute atomic E-state index is 14.2. The molecule has 1 unspecified atom stereocenters. The second kappa shape index (κ2) is 10.4. The highest BCUT2D eigenvalue weighted by Crippen LogP contribution is 2.37. The van der Waals surface area contributed by atoms with Gasteiger partial charge in [-0.05, 0) is 86.2 Å². The fraction of sp³-hybridized carbons (Fsp3) is 0.355. The van der Waals surface area contributed by atoms with Crippen LogP contribution in [-0.4, -0.2) is 47.7 Å². The van der Waals surface area contributed by atoms with Crippen molar-refractivity contribution in [2.45, 2.75) is 46.2 Å². The van der Waals surface area contributed by atoms with Crippen molar-refractivity contribution in [3.63, 3.8) is 0 Å². The average Bonchev–Trinajstić information content (AvgIpc) is 3.52. The van der Waals surface area contributed by atoms with E-state index < -0.39 is 0 Å². The third-order valence-corrected chi connectivity index (χ3v) is 7.51. The number of hydrogen-bond acceptors (Lipinski definition) is 4. The lowest BCUT2D eigenvalue weighted by molar-refractivity contribution is 0.0727. The minimum Gasteiger partial charge on any atom is -0.497 e. The molecule has 6 heteroatoms. The summed E-state index contributed by atoms with van der Waals surface area (Å²) in [5.74, 6) is 1.76. The molecule has 1 amide bonds. The minimum atomic E-state index is -0.0870. The van der Waals surface area contributed by atoms with Crippen molar-refractivity contribution in [3.05, 3.63) is 82.7 Å². The molecule has 192 valence electrons. The minimum absolute atomic E-state index is 0.0433. The topological polar surface area (TPSA) is 56.6 Å². The fourth-order valence-electron chi connectivity index (χ4n) is 5.38. The second-order valence-electron chi connectivity index (χ2n) is 9.98. The zero-order valence-corrected chi connectivity index (χ0v) is 22.4. The molecule has 1 aromatic heterocycles. The summed E-state index contributed by atoms with van der Waals surface area (Å²) in [6, 6.07) is 18.3. The van der Waals surface area contributed by atoms with Crippen molar-refractivity contribution in [3.8, 4) is 16.9 Å². The predicted molar refractivity (Wildman–Crippen MR) is 147 cm³/mol. The van der Waals surface area contributed by atoms with Crippen LogP contribution in [0.3, 0.4) is 0 Å². The molecule has 6 nitrogen and oxygen atoms in total. The zero-order chi connectivity index (χ0) is 26.1. The van der Waals surface area contributed by atoms with E-state index in [1.54, 1.807) is 14.2 Å². The summed E-state index contributed by atoms with van der Waals surface area (Å²) >= 11 is 0. The van der Waals surface area contributed by atoms with Crippen LogP contribution in [0.5, 0.6) is 5.75 Å². The van der Waals surface area contributed by atoms with E-state index in [9.17, 15) is 4.79 Å². The van der Waals surface area contributed by atoms with Crippen molar-refractivity contribution in [2.75, 3.05) is 27.4 Å². The number of hydrogen-bond donors (Lipinski definition) is 0. The predicted octanol–water partition coefficient (Wildman–Crippen LogP) is 6.26. The molecule has 0 aliphatic carbocycles. The van der Waals surface area contributed by atoms with Crippen molar-refractivity contribution >= 4 is 16.9 Å². The monoisotopic (exact) mass is 497 g/mol. The molecule has 0 N–H and O–H groups in total. The molecule has 1 aliphatic rings. The maximum Gasteiger partial charge on any atom is 0.255 e. The van der Waals surface area contributed by atoms with Crippen molar-refractivity contribution in [1.29, 1.82) is 0 Å². The molecular weight excluding hydrogens is 462 g/mol. The molecule has 0 saturated carbocycles. The third kappa shape index (κ3) is 4.74. The Kier molecular flexibility index (Phi) is 7.02. The molecule has 1 fully saturated rings. The number of amides is 1. The molecule has 3 aromatic carbocycles. The van der Waals surface area contributed by atoms with Gasteiger partial charge in [-0.25, -0.2) is 4.98 Å². The fourth-order valence-corrected chi connectivity index (χ4v) is 5.38. The number of likely N-dealkylation sites (tertiary alicyclic amines) is 1. The van der Waals surface area contributed by atoms with Crippen LogP contribution in [0.4, 0.5) is 0 Å². The number of aryl methyl sites for hydroxylation is 3. The van der Waals surface area contributed by atoms with Crippen molar-refractivity contribution in [2.24, 2.45) is 0 Å². The molecule has 0 spiro atoms. The van der Waals surface area contributed by atoms with E-state index in [1.807, 2.05) is 48.2 Å². The number of aromatic nitrogens is 2. The number of nitrogens with zero attached hydrogens (tertiary/aromatic N) is 3. The molecule has 5 rings (SSSR count). The van der Waals surface area contributed by atoms with Crippen LogP contribution in [0.1, 0.15) is 51.8 Å². The van der Waals surface area contributed by atoms with Gasteiger partial charge in [0.25, 0.3) is 5.91 Å². The summed E-state index contributed by atoms with van der Waals surface area (Å²) in [5, 5.41) is 0. The van der Waals surface area contributed by atoms with Gasteiger partial charge in [0.15, 0.2) is 0 Å².